The maximum Gasteiger partial charge on any atom is 0.331 e. The van der Waals surface area contributed by atoms with Crippen LogP contribution in [0, 0.1) is 11.3 Å². The van der Waals surface area contributed by atoms with E-state index in [-0.39, 0.29) is 12.4 Å². The van der Waals surface area contributed by atoms with Gasteiger partial charge in [0.2, 0.25) is 5.92 Å². The first-order valence-corrected chi connectivity index (χ1v) is 6.94. The van der Waals surface area contributed by atoms with Crippen LogP contribution in [0.25, 0.3) is 16.9 Å². The lowest BCUT2D eigenvalue weighted by molar-refractivity contribution is -0.143. The predicted molar refractivity (Wildman–Crippen MR) is 79.4 cm³/mol. The van der Waals surface area contributed by atoms with E-state index in [2.05, 4.69) is 20.3 Å². The maximum atomic E-state index is 11.8. The summed E-state index contributed by atoms with van der Waals surface area (Å²) in [6.07, 6.45) is 1.44. The summed E-state index contributed by atoms with van der Waals surface area (Å²) in [5, 5.41) is 17.2. The molecule has 1 aromatic carbocycles. The summed E-state index contributed by atoms with van der Waals surface area (Å²) in [6.45, 7) is 1.85. The van der Waals surface area contributed by atoms with E-state index in [9.17, 15) is 10.1 Å². The first kappa shape index (κ1) is 14.6. The molecule has 0 radical (unpaired) electrons. The summed E-state index contributed by atoms with van der Waals surface area (Å²) in [4.78, 5) is 20.2. The molecule has 3 aromatic rings. The number of rotatable bonds is 4. The van der Waals surface area contributed by atoms with E-state index in [0.29, 0.717) is 11.2 Å². The molecule has 23 heavy (non-hydrogen) atoms. The van der Waals surface area contributed by atoms with Crippen LogP contribution in [0.1, 0.15) is 18.7 Å². The number of nitrogens with zero attached hydrogens (tertiary/aromatic N) is 6. The topological polar surface area (TPSA) is 107 Å². The Balaban J connectivity index is 2.08. The van der Waals surface area contributed by atoms with Crippen molar-refractivity contribution >= 4 is 17.1 Å². The van der Waals surface area contributed by atoms with Crippen LogP contribution in [-0.4, -0.2) is 37.5 Å². The van der Waals surface area contributed by atoms with Gasteiger partial charge < -0.3 is 4.74 Å². The molecule has 0 amide bonds. The molecular formula is C15H12N6O2. The number of hydrogen-bond acceptors (Lipinski definition) is 7. The quantitative estimate of drug-likeness (QED) is 0.670. The van der Waals surface area contributed by atoms with Crippen LogP contribution in [0.3, 0.4) is 0 Å². The average Bonchev–Trinajstić information content (AvgIpc) is 3.00. The number of nitriles is 1. The molecule has 0 aliphatic heterocycles. The SMILES string of the molecule is CCOC(=O)C(C#N)c1ncc2nnn(-c3ccccc3)c2n1. The number of esters is 1. The Hall–Kier alpha value is -3.34. The van der Waals surface area contributed by atoms with Gasteiger partial charge in [-0.05, 0) is 19.1 Å². The Kier molecular flexibility index (Phi) is 3.93. The predicted octanol–water partition coefficient (Wildman–Crippen LogP) is 1.38. The summed E-state index contributed by atoms with van der Waals surface area (Å²) < 4.78 is 6.41. The fourth-order valence-corrected chi connectivity index (χ4v) is 2.06. The van der Waals surface area contributed by atoms with Crippen LogP contribution in [-0.2, 0) is 9.53 Å². The van der Waals surface area contributed by atoms with E-state index in [1.807, 2.05) is 36.4 Å². The normalized spacial score (nSPS) is 11.8. The highest BCUT2D eigenvalue weighted by molar-refractivity contribution is 5.81. The van der Waals surface area contributed by atoms with Crippen molar-refractivity contribution in [1.82, 2.24) is 25.0 Å². The third kappa shape index (κ3) is 2.72. The van der Waals surface area contributed by atoms with Crippen molar-refractivity contribution in [2.24, 2.45) is 0 Å². The van der Waals surface area contributed by atoms with Crippen LogP contribution in [0.4, 0.5) is 0 Å². The van der Waals surface area contributed by atoms with Gasteiger partial charge in [0.05, 0.1) is 24.6 Å². The van der Waals surface area contributed by atoms with Gasteiger partial charge in [-0.3, -0.25) is 4.79 Å². The van der Waals surface area contributed by atoms with Gasteiger partial charge in [-0.25, -0.2) is 9.97 Å². The minimum absolute atomic E-state index is 0.0675. The van der Waals surface area contributed by atoms with E-state index < -0.39 is 11.9 Å². The number of carbonyl (C=O) groups excluding carboxylic acids is 1. The highest BCUT2D eigenvalue weighted by Crippen LogP contribution is 2.18. The molecule has 0 aliphatic rings. The second kappa shape index (κ2) is 6.19. The van der Waals surface area contributed by atoms with Gasteiger partial charge in [0, 0.05) is 0 Å². The minimum Gasteiger partial charge on any atom is -0.465 e. The van der Waals surface area contributed by atoms with Gasteiger partial charge in [0.15, 0.2) is 17.0 Å². The molecule has 0 N–H and O–H groups in total. The Morgan fingerprint density at radius 3 is 2.87 bits per heavy atom. The molecule has 114 valence electrons. The lowest BCUT2D eigenvalue weighted by atomic mass is 10.1. The van der Waals surface area contributed by atoms with Gasteiger partial charge in [-0.2, -0.15) is 9.94 Å². The molecule has 8 nitrogen and oxygen atoms in total. The molecule has 1 atom stereocenters. The molecule has 0 saturated heterocycles. The third-order valence-corrected chi connectivity index (χ3v) is 3.12. The molecule has 0 bridgehead atoms. The summed E-state index contributed by atoms with van der Waals surface area (Å²) in [6, 6.07) is 11.2. The Labute approximate surface area is 131 Å². The second-order valence-corrected chi connectivity index (χ2v) is 4.59. The zero-order chi connectivity index (χ0) is 16.2. The highest BCUT2D eigenvalue weighted by atomic mass is 16.5. The molecule has 2 aromatic heterocycles. The lowest BCUT2D eigenvalue weighted by Gasteiger charge is -2.07. The van der Waals surface area contributed by atoms with E-state index in [0.717, 1.165) is 5.69 Å². The molecule has 2 heterocycles. The molecule has 3 rings (SSSR count). The number of hydrogen-bond donors (Lipinski definition) is 0. The van der Waals surface area contributed by atoms with Crippen molar-refractivity contribution in [2.45, 2.75) is 12.8 Å². The van der Waals surface area contributed by atoms with Gasteiger partial charge in [0.1, 0.15) is 0 Å². The average molecular weight is 308 g/mol. The molecule has 8 heteroatoms. The molecule has 0 fully saturated rings. The number of para-hydroxylation sites is 1. The number of fused-ring (bicyclic) bond motifs is 1. The monoisotopic (exact) mass is 308 g/mol. The number of carbonyl (C=O) groups is 1. The van der Waals surface area contributed by atoms with Crippen LogP contribution in [0.15, 0.2) is 36.5 Å². The van der Waals surface area contributed by atoms with Crippen molar-refractivity contribution in [1.29, 1.82) is 5.26 Å². The Morgan fingerprint density at radius 1 is 1.39 bits per heavy atom. The van der Waals surface area contributed by atoms with E-state index in [4.69, 9.17) is 4.74 Å². The Morgan fingerprint density at radius 2 is 2.17 bits per heavy atom. The summed E-state index contributed by atoms with van der Waals surface area (Å²) in [5.74, 6) is -1.79. The fourth-order valence-electron chi connectivity index (χ4n) is 2.06. The van der Waals surface area contributed by atoms with Gasteiger partial charge in [-0.15, -0.1) is 5.10 Å². The fraction of sp³-hybridized carbons (Fsp3) is 0.200. The van der Waals surface area contributed by atoms with Crippen molar-refractivity contribution in [3.63, 3.8) is 0 Å². The molecule has 0 spiro atoms. The molecular weight excluding hydrogens is 296 g/mol. The number of benzene rings is 1. The Bertz CT molecular complexity index is 884. The van der Waals surface area contributed by atoms with Crippen molar-refractivity contribution in [2.75, 3.05) is 6.61 Å². The first-order chi connectivity index (χ1) is 11.2. The first-order valence-electron chi connectivity index (χ1n) is 6.94. The van der Waals surface area contributed by atoms with Crippen molar-refractivity contribution in [3.05, 3.63) is 42.4 Å². The van der Waals surface area contributed by atoms with Gasteiger partial charge in [0.25, 0.3) is 0 Å². The summed E-state index contributed by atoms with van der Waals surface area (Å²) in [5.41, 5.74) is 1.66. The molecule has 1 unspecified atom stereocenters. The van der Waals surface area contributed by atoms with E-state index in [1.165, 1.54) is 10.9 Å². The maximum absolute atomic E-state index is 11.8. The van der Waals surface area contributed by atoms with Crippen LogP contribution in [0.2, 0.25) is 0 Å². The smallest absolute Gasteiger partial charge is 0.331 e. The third-order valence-electron chi connectivity index (χ3n) is 3.12. The second-order valence-electron chi connectivity index (χ2n) is 4.59. The zero-order valence-electron chi connectivity index (χ0n) is 12.2. The molecule has 0 aliphatic carbocycles. The zero-order valence-corrected chi connectivity index (χ0v) is 12.2. The van der Waals surface area contributed by atoms with Gasteiger partial charge >= 0.3 is 5.97 Å². The van der Waals surface area contributed by atoms with Crippen LogP contribution >= 0.6 is 0 Å². The minimum atomic E-state index is -1.18. The van der Waals surface area contributed by atoms with E-state index in [1.54, 1.807) is 6.92 Å². The van der Waals surface area contributed by atoms with Crippen LogP contribution < -0.4 is 0 Å². The van der Waals surface area contributed by atoms with E-state index >= 15 is 0 Å². The number of aromatic nitrogens is 5. The lowest BCUT2D eigenvalue weighted by Crippen LogP contribution is -2.17. The summed E-state index contributed by atoms with van der Waals surface area (Å²) in [7, 11) is 0. The highest BCUT2D eigenvalue weighted by Gasteiger charge is 2.25. The standard InChI is InChI=1S/C15H12N6O2/c1-2-23-15(22)11(8-16)13-17-9-12-14(18-13)21(20-19-12)10-6-4-3-5-7-10/h3-7,9,11H,2H2,1H3. The molecule has 0 saturated carbocycles. The number of ether oxygens (including phenoxy) is 1. The van der Waals surface area contributed by atoms with Crippen LogP contribution in [0.5, 0.6) is 0 Å². The largest absolute Gasteiger partial charge is 0.465 e. The van der Waals surface area contributed by atoms with Crippen molar-refractivity contribution < 1.29 is 9.53 Å². The van der Waals surface area contributed by atoms with Gasteiger partial charge in [-0.1, -0.05) is 23.4 Å². The summed E-state index contributed by atoms with van der Waals surface area (Å²) >= 11 is 0. The van der Waals surface area contributed by atoms with Crippen molar-refractivity contribution in [3.8, 4) is 11.8 Å².